The second-order valence-electron chi connectivity index (χ2n) is 3.10. The maximum atomic E-state index is 13.1. The summed E-state index contributed by atoms with van der Waals surface area (Å²) in [6.45, 7) is 1.85. The largest absolute Gasteiger partial charge is 0.324 e. The Hall–Kier alpha value is -0.740. The first-order valence-corrected chi connectivity index (χ1v) is 4.39. The van der Waals surface area contributed by atoms with E-state index < -0.39 is 17.8 Å². The fraction of sp³-hybridized carbons (Fsp3) is 0.400. The summed E-state index contributed by atoms with van der Waals surface area (Å²) in [6, 6.07) is 3.32. The van der Waals surface area contributed by atoms with Crippen molar-refractivity contribution in [3.8, 4) is 0 Å². The zero-order chi connectivity index (χ0) is 10.7. The SMILES string of the molecule is CC[C@@H](N)c1ccc(C(F)F)c(F)c1.Cl. The molecule has 1 atom stereocenters. The summed E-state index contributed by atoms with van der Waals surface area (Å²) in [5, 5.41) is 0. The van der Waals surface area contributed by atoms with Crippen molar-refractivity contribution in [2.24, 2.45) is 5.73 Å². The first-order chi connectivity index (χ1) is 6.56. The van der Waals surface area contributed by atoms with Gasteiger partial charge < -0.3 is 5.73 Å². The van der Waals surface area contributed by atoms with E-state index in [4.69, 9.17) is 5.73 Å². The van der Waals surface area contributed by atoms with Crippen molar-refractivity contribution in [2.45, 2.75) is 25.8 Å². The Morgan fingerprint density at radius 2 is 1.93 bits per heavy atom. The monoisotopic (exact) mass is 239 g/mol. The van der Waals surface area contributed by atoms with Gasteiger partial charge in [0, 0.05) is 6.04 Å². The highest BCUT2D eigenvalue weighted by molar-refractivity contribution is 5.85. The van der Waals surface area contributed by atoms with E-state index in [0.29, 0.717) is 12.0 Å². The average molecular weight is 240 g/mol. The van der Waals surface area contributed by atoms with Gasteiger partial charge in [0.15, 0.2) is 0 Å². The molecule has 0 unspecified atom stereocenters. The molecule has 0 radical (unpaired) electrons. The molecule has 0 aliphatic heterocycles. The molecule has 0 aliphatic carbocycles. The Labute approximate surface area is 92.9 Å². The molecule has 15 heavy (non-hydrogen) atoms. The van der Waals surface area contributed by atoms with Crippen LogP contribution >= 0.6 is 12.4 Å². The Bertz CT molecular complexity index is 318. The van der Waals surface area contributed by atoms with Crippen molar-refractivity contribution >= 4 is 12.4 Å². The number of nitrogens with two attached hydrogens (primary N) is 1. The molecule has 0 fully saturated rings. The Morgan fingerprint density at radius 3 is 2.33 bits per heavy atom. The van der Waals surface area contributed by atoms with Crippen LogP contribution in [0.5, 0.6) is 0 Å². The van der Waals surface area contributed by atoms with Crippen LogP contribution in [0.15, 0.2) is 18.2 Å². The molecule has 1 aromatic rings. The highest BCUT2D eigenvalue weighted by Crippen LogP contribution is 2.24. The maximum Gasteiger partial charge on any atom is 0.266 e. The van der Waals surface area contributed by atoms with Gasteiger partial charge in [-0.2, -0.15) is 0 Å². The average Bonchev–Trinajstić information content (AvgIpc) is 2.15. The summed E-state index contributed by atoms with van der Waals surface area (Å²) in [4.78, 5) is 0. The third-order valence-electron chi connectivity index (χ3n) is 2.13. The second kappa shape index (κ2) is 5.98. The van der Waals surface area contributed by atoms with Crippen molar-refractivity contribution in [3.63, 3.8) is 0 Å². The minimum Gasteiger partial charge on any atom is -0.324 e. The van der Waals surface area contributed by atoms with E-state index in [2.05, 4.69) is 0 Å². The van der Waals surface area contributed by atoms with E-state index in [9.17, 15) is 13.2 Å². The summed E-state index contributed by atoms with van der Waals surface area (Å²) in [6.07, 6.45) is -2.13. The van der Waals surface area contributed by atoms with Crippen molar-refractivity contribution in [1.82, 2.24) is 0 Å². The topological polar surface area (TPSA) is 26.0 Å². The number of rotatable bonds is 3. The third-order valence-corrected chi connectivity index (χ3v) is 2.13. The summed E-state index contributed by atoms with van der Waals surface area (Å²) in [7, 11) is 0. The predicted molar refractivity (Wildman–Crippen MR) is 55.8 cm³/mol. The van der Waals surface area contributed by atoms with Crippen LogP contribution in [0.4, 0.5) is 13.2 Å². The number of halogens is 4. The van der Waals surface area contributed by atoms with Gasteiger partial charge in [0.05, 0.1) is 5.56 Å². The van der Waals surface area contributed by atoms with Crippen LogP contribution in [-0.4, -0.2) is 0 Å². The van der Waals surface area contributed by atoms with Gasteiger partial charge in [0.25, 0.3) is 6.43 Å². The molecule has 0 spiro atoms. The van der Waals surface area contributed by atoms with Gasteiger partial charge in [-0.05, 0) is 18.1 Å². The molecule has 86 valence electrons. The van der Waals surface area contributed by atoms with Crippen molar-refractivity contribution in [1.29, 1.82) is 0 Å². The van der Waals surface area contributed by atoms with E-state index in [1.807, 2.05) is 6.92 Å². The number of hydrogen-bond donors (Lipinski definition) is 1. The predicted octanol–water partition coefficient (Wildman–Crippen LogP) is 3.59. The summed E-state index contributed by atoms with van der Waals surface area (Å²) < 4.78 is 37.4. The first kappa shape index (κ1) is 14.3. The molecule has 2 N–H and O–H groups in total. The molecule has 5 heteroatoms. The van der Waals surface area contributed by atoms with Gasteiger partial charge >= 0.3 is 0 Å². The van der Waals surface area contributed by atoms with Crippen LogP contribution < -0.4 is 5.73 Å². The Morgan fingerprint density at radius 1 is 1.33 bits per heavy atom. The zero-order valence-corrected chi connectivity index (χ0v) is 9.03. The quantitative estimate of drug-likeness (QED) is 0.857. The van der Waals surface area contributed by atoms with Crippen molar-refractivity contribution in [3.05, 3.63) is 35.1 Å². The fourth-order valence-electron chi connectivity index (χ4n) is 1.19. The summed E-state index contributed by atoms with van der Waals surface area (Å²) in [5.74, 6) is -0.888. The first-order valence-electron chi connectivity index (χ1n) is 4.39. The van der Waals surface area contributed by atoms with Crippen LogP contribution in [0.3, 0.4) is 0 Å². The van der Waals surface area contributed by atoms with Crippen LogP contribution in [-0.2, 0) is 0 Å². The molecule has 0 bridgehead atoms. The lowest BCUT2D eigenvalue weighted by Crippen LogP contribution is -2.09. The van der Waals surface area contributed by atoms with Crippen LogP contribution in [0.1, 0.15) is 36.9 Å². The van der Waals surface area contributed by atoms with Gasteiger partial charge in [-0.15, -0.1) is 12.4 Å². The normalized spacial score (nSPS) is 12.4. The van der Waals surface area contributed by atoms with Gasteiger partial charge in [-0.1, -0.05) is 19.1 Å². The molecule has 0 amide bonds. The van der Waals surface area contributed by atoms with Crippen molar-refractivity contribution in [2.75, 3.05) is 0 Å². The van der Waals surface area contributed by atoms with E-state index >= 15 is 0 Å². The van der Waals surface area contributed by atoms with Crippen LogP contribution in [0.2, 0.25) is 0 Å². The summed E-state index contributed by atoms with van der Waals surface area (Å²) in [5.41, 5.74) is 5.61. The van der Waals surface area contributed by atoms with Gasteiger partial charge in [-0.3, -0.25) is 0 Å². The van der Waals surface area contributed by atoms with E-state index in [1.54, 1.807) is 0 Å². The van der Waals surface area contributed by atoms with E-state index in [0.717, 1.165) is 12.1 Å². The van der Waals surface area contributed by atoms with E-state index in [-0.39, 0.29) is 18.4 Å². The molecular weight excluding hydrogens is 227 g/mol. The minimum absolute atomic E-state index is 0. The number of hydrogen-bond acceptors (Lipinski definition) is 1. The molecule has 0 aromatic heterocycles. The molecule has 1 rings (SSSR count). The standard InChI is InChI=1S/C10H12F3N.ClH/c1-2-9(14)6-3-4-7(10(12)13)8(11)5-6;/h3-5,9-10H,2,14H2,1H3;1H/t9-;/m1./s1. The zero-order valence-electron chi connectivity index (χ0n) is 8.21. The third kappa shape index (κ3) is 3.39. The molecule has 0 aliphatic rings. The summed E-state index contributed by atoms with van der Waals surface area (Å²) >= 11 is 0. The molecule has 0 saturated carbocycles. The lowest BCUT2D eigenvalue weighted by molar-refractivity contribution is 0.146. The maximum absolute atomic E-state index is 13.1. The second-order valence-corrected chi connectivity index (χ2v) is 3.10. The fourth-order valence-corrected chi connectivity index (χ4v) is 1.19. The van der Waals surface area contributed by atoms with Gasteiger partial charge in [0.1, 0.15) is 5.82 Å². The van der Waals surface area contributed by atoms with Crippen molar-refractivity contribution < 1.29 is 13.2 Å². The molecular formula is C10H13ClF3N. The van der Waals surface area contributed by atoms with Gasteiger partial charge in [-0.25, -0.2) is 13.2 Å². The van der Waals surface area contributed by atoms with Crippen LogP contribution in [0, 0.1) is 5.82 Å². The molecule has 1 aromatic carbocycles. The minimum atomic E-state index is -2.78. The highest BCUT2D eigenvalue weighted by atomic mass is 35.5. The number of benzene rings is 1. The molecule has 0 heterocycles. The smallest absolute Gasteiger partial charge is 0.266 e. The van der Waals surface area contributed by atoms with Crippen LogP contribution in [0.25, 0.3) is 0 Å². The Kier molecular flexibility index (Phi) is 5.68. The molecule has 0 saturated heterocycles. The molecule has 1 nitrogen and oxygen atoms in total. The highest BCUT2D eigenvalue weighted by Gasteiger charge is 2.14. The lowest BCUT2D eigenvalue weighted by Gasteiger charge is -2.10. The Balaban J connectivity index is 0.00000196. The van der Waals surface area contributed by atoms with Gasteiger partial charge in [0.2, 0.25) is 0 Å². The number of alkyl halides is 2. The lowest BCUT2D eigenvalue weighted by atomic mass is 10.0. The van der Waals surface area contributed by atoms with E-state index in [1.165, 1.54) is 6.07 Å².